The third kappa shape index (κ3) is 6.43. The van der Waals surface area contributed by atoms with E-state index in [1.807, 2.05) is 6.07 Å². The van der Waals surface area contributed by atoms with Crippen LogP contribution in [0.2, 0.25) is 0 Å². The molecule has 0 spiro atoms. The number of benzene rings is 2. The second-order valence-corrected chi connectivity index (χ2v) is 5.53. The molecule has 3 N–H and O–H groups in total. The van der Waals surface area contributed by atoms with Crippen molar-refractivity contribution in [2.45, 2.75) is 13.3 Å². The summed E-state index contributed by atoms with van der Waals surface area (Å²) >= 11 is 0. The van der Waals surface area contributed by atoms with Gasteiger partial charge in [0.1, 0.15) is 0 Å². The summed E-state index contributed by atoms with van der Waals surface area (Å²) in [6.45, 7) is 1.54. The van der Waals surface area contributed by atoms with E-state index in [0.29, 0.717) is 22.6 Å². The van der Waals surface area contributed by atoms with Gasteiger partial charge < -0.3 is 10.6 Å². The van der Waals surface area contributed by atoms with Crippen LogP contribution in [0.15, 0.2) is 59.7 Å². The van der Waals surface area contributed by atoms with Crippen molar-refractivity contribution in [3.63, 3.8) is 0 Å². The molecule has 0 unspecified atom stereocenters. The highest BCUT2D eigenvalue weighted by Crippen LogP contribution is 2.10. The van der Waals surface area contributed by atoms with Crippen molar-refractivity contribution in [3.8, 4) is 6.07 Å². The molecule has 27 heavy (non-hydrogen) atoms. The highest BCUT2D eigenvalue weighted by Gasteiger charge is 2.13. The van der Waals surface area contributed by atoms with Crippen LogP contribution < -0.4 is 16.1 Å². The average molecular weight is 363 g/mol. The fraction of sp³-hybridized carbons (Fsp3) is 0.105. The van der Waals surface area contributed by atoms with Crippen molar-refractivity contribution in [1.29, 1.82) is 5.26 Å². The van der Waals surface area contributed by atoms with Gasteiger partial charge >= 0.3 is 11.8 Å². The van der Waals surface area contributed by atoms with E-state index < -0.39 is 11.8 Å². The minimum atomic E-state index is -0.944. The lowest BCUT2D eigenvalue weighted by Gasteiger charge is -2.06. The second kappa shape index (κ2) is 9.48. The fourth-order valence-electron chi connectivity index (χ4n) is 2.05. The van der Waals surface area contributed by atoms with Gasteiger partial charge in [-0.25, -0.2) is 5.43 Å². The predicted octanol–water partition coefficient (Wildman–Crippen LogP) is 2.02. The Balaban J connectivity index is 1.83. The highest BCUT2D eigenvalue weighted by molar-refractivity contribution is 6.39. The maximum atomic E-state index is 12.0. The SMILES string of the molecule is C/C(CC(=O)Nc1cccc(C#N)c1)=N/NC(=O)C(=O)Nc1ccccc1. The Morgan fingerprint density at radius 3 is 2.37 bits per heavy atom. The number of nitrogens with one attached hydrogen (secondary N) is 3. The number of para-hydroxylation sites is 1. The topological polar surface area (TPSA) is 123 Å². The van der Waals surface area contributed by atoms with E-state index in [-0.39, 0.29) is 12.3 Å². The molecular formula is C19H17N5O3. The maximum absolute atomic E-state index is 12.0. The molecule has 0 aliphatic rings. The van der Waals surface area contributed by atoms with E-state index >= 15 is 0 Å². The molecule has 2 rings (SSSR count). The minimum absolute atomic E-state index is 0.0859. The van der Waals surface area contributed by atoms with Crippen LogP contribution in [0.25, 0.3) is 0 Å². The molecule has 0 fully saturated rings. The van der Waals surface area contributed by atoms with Crippen molar-refractivity contribution < 1.29 is 14.4 Å². The Hall–Kier alpha value is -3.99. The van der Waals surface area contributed by atoms with Crippen molar-refractivity contribution in [2.75, 3.05) is 10.6 Å². The van der Waals surface area contributed by atoms with Gasteiger partial charge in [0.05, 0.1) is 18.1 Å². The second-order valence-electron chi connectivity index (χ2n) is 5.53. The van der Waals surface area contributed by atoms with Crippen molar-refractivity contribution >= 4 is 34.8 Å². The fourth-order valence-corrected chi connectivity index (χ4v) is 2.05. The molecular weight excluding hydrogens is 346 g/mol. The van der Waals surface area contributed by atoms with Crippen LogP contribution in [-0.4, -0.2) is 23.4 Å². The van der Waals surface area contributed by atoms with Crippen LogP contribution in [0.4, 0.5) is 11.4 Å². The van der Waals surface area contributed by atoms with Crippen LogP contribution in [0, 0.1) is 11.3 Å². The molecule has 0 radical (unpaired) electrons. The molecule has 8 nitrogen and oxygen atoms in total. The normalized spacial score (nSPS) is 10.4. The molecule has 0 heterocycles. The summed E-state index contributed by atoms with van der Waals surface area (Å²) in [5.74, 6) is -2.18. The lowest BCUT2D eigenvalue weighted by atomic mass is 10.2. The summed E-state index contributed by atoms with van der Waals surface area (Å²) in [6.07, 6.45) is -0.0859. The molecule has 0 aliphatic carbocycles. The van der Waals surface area contributed by atoms with Gasteiger partial charge in [0.2, 0.25) is 5.91 Å². The highest BCUT2D eigenvalue weighted by atomic mass is 16.2. The first-order valence-corrected chi connectivity index (χ1v) is 7.97. The van der Waals surface area contributed by atoms with Crippen LogP contribution in [0.1, 0.15) is 18.9 Å². The van der Waals surface area contributed by atoms with Gasteiger partial charge in [0, 0.05) is 17.1 Å². The zero-order valence-electron chi connectivity index (χ0n) is 14.5. The average Bonchev–Trinajstić information content (AvgIpc) is 2.66. The van der Waals surface area contributed by atoms with Gasteiger partial charge in [0.15, 0.2) is 0 Å². The van der Waals surface area contributed by atoms with Gasteiger partial charge in [-0.2, -0.15) is 10.4 Å². The summed E-state index contributed by atoms with van der Waals surface area (Å²) in [5.41, 5.74) is 3.81. The number of rotatable bonds is 5. The minimum Gasteiger partial charge on any atom is -0.326 e. The molecule has 3 amide bonds. The Bertz CT molecular complexity index is 916. The Labute approximate surface area is 155 Å². The van der Waals surface area contributed by atoms with Crippen molar-refractivity contribution in [3.05, 3.63) is 60.2 Å². The molecule has 2 aromatic rings. The number of nitrogens with zero attached hydrogens (tertiary/aromatic N) is 2. The van der Waals surface area contributed by atoms with Crippen LogP contribution >= 0.6 is 0 Å². The van der Waals surface area contributed by atoms with E-state index in [2.05, 4.69) is 21.2 Å². The van der Waals surface area contributed by atoms with Gasteiger partial charge in [-0.1, -0.05) is 24.3 Å². The van der Waals surface area contributed by atoms with Crippen molar-refractivity contribution in [1.82, 2.24) is 5.43 Å². The van der Waals surface area contributed by atoms with E-state index in [1.165, 1.54) is 0 Å². The first-order valence-electron chi connectivity index (χ1n) is 7.97. The third-order valence-corrected chi connectivity index (χ3v) is 3.28. The lowest BCUT2D eigenvalue weighted by molar-refractivity contribution is -0.136. The summed E-state index contributed by atoms with van der Waals surface area (Å²) in [6, 6.07) is 17.0. The molecule has 0 bridgehead atoms. The summed E-state index contributed by atoms with van der Waals surface area (Å²) in [5, 5.41) is 17.6. The van der Waals surface area contributed by atoms with Crippen LogP contribution in [0.5, 0.6) is 0 Å². The zero-order valence-corrected chi connectivity index (χ0v) is 14.5. The van der Waals surface area contributed by atoms with Crippen molar-refractivity contribution in [2.24, 2.45) is 5.10 Å². The standard InChI is InChI=1S/C19H17N5O3/c1-13(10-17(25)21-16-9-5-6-14(11-16)12-20)23-24-19(27)18(26)22-15-7-3-2-4-8-15/h2-9,11H,10H2,1H3,(H,21,25)(H,22,26)(H,24,27)/b23-13-. The molecule has 0 saturated carbocycles. The number of hydrogen-bond donors (Lipinski definition) is 3. The first kappa shape index (κ1) is 19.3. The van der Waals surface area contributed by atoms with E-state index in [4.69, 9.17) is 5.26 Å². The number of carbonyl (C=O) groups excluding carboxylic acids is 3. The summed E-state index contributed by atoms with van der Waals surface area (Å²) < 4.78 is 0. The van der Waals surface area contributed by atoms with E-state index in [9.17, 15) is 14.4 Å². The quantitative estimate of drug-likeness (QED) is 0.427. The van der Waals surface area contributed by atoms with Crippen LogP contribution in [-0.2, 0) is 14.4 Å². The van der Waals surface area contributed by atoms with Gasteiger partial charge in [-0.05, 0) is 37.3 Å². The lowest BCUT2D eigenvalue weighted by Crippen LogP contribution is -2.33. The number of carbonyl (C=O) groups is 3. The van der Waals surface area contributed by atoms with Gasteiger partial charge in [-0.3, -0.25) is 14.4 Å². The third-order valence-electron chi connectivity index (χ3n) is 3.28. The van der Waals surface area contributed by atoms with Gasteiger partial charge in [0.25, 0.3) is 0 Å². The number of amides is 3. The predicted molar refractivity (Wildman–Crippen MR) is 101 cm³/mol. The molecule has 0 saturated heterocycles. The maximum Gasteiger partial charge on any atom is 0.329 e. The van der Waals surface area contributed by atoms with Gasteiger partial charge in [-0.15, -0.1) is 0 Å². The molecule has 0 aliphatic heterocycles. The Morgan fingerprint density at radius 1 is 0.963 bits per heavy atom. The van der Waals surface area contributed by atoms with Crippen LogP contribution in [0.3, 0.4) is 0 Å². The Kier molecular flexibility index (Phi) is 6.79. The molecule has 8 heteroatoms. The smallest absolute Gasteiger partial charge is 0.326 e. The monoisotopic (exact) mass is 363 g/mol. The number of hydrogen-bond acceptors (Lipinski definition) is 5. The van der Waals surface area contributed by atoms with E-state index in [1.54, 1.807) is 61.5 Å². The number of nitriles is 1. The molecule has 2 aromatic carbocycles. The number of hydrazone groups is 1. The molecule has 0 aromatic heterocycles. The molecule has 0 atom stereocenters. The summed E-state index contributed by atoms with van der Waals surface area (Å²) in [7, 11) is 0. The van der Waals surface area contributed by atoms with E-state index in [0.717, 1.165) is 0 Å². The first-order chi connectivity index (χ1) is 13.0. The Morgan fingerprint density at radius 2 is 1.67 bits per heavy atom. The summed E-state index contributed by atoms with van der Waals surface area (Å²) in [4.78, 5) is 35.5. The largest absolute Gasteiger partial charge is 0.329 e. The molecule has 136 valence electrons. The zero-order chi connectivity index (χ0) is 19.6. The number of anilines is 2.